The highest BCUT2D eigenvalue weighted by atomic mass is 16.5. The van der Waals surface area contributed by atoms with Crippen molar-refractivity contribution in [3.05, 3.63) is 29.8 Å². The molecule has 3 N–H and O–H groups in total. The van der Waals surface area contributed by atoms with Crippen molar-refractivity contribution in [3.8, 4) is 5.75 Å². The lowest BCUT2D eigenvalue weighted by Crippen LogP contribution is -2.43. The topological polar surface area (TPSA) is 64.3 Å². The van der Waals surface area contributed by atoms with Crippen LogP contribution >= 0.6 is 0 Å². The van der Waals surface area contributed by atoms with Gasteiger partial charge in [0.05, 0.1) is 7.11 Å². The van der Waals surface area contributed by atoms with Crippen LogP contribution in [0.25, 0.3) is 0 Å². The van der Waals surface area contributed by atoms with Crippen molar-refractivity contribution in [1.29, 1.82) is 0 Å². The summed E-state index contributed by atoms with van der Waals surface area (Å²) in [7, 11) is 1.73. The Bertz CT molecular complexity index is 567. The third kappa shape index (κ3) is 3.30. The highest BCUT2D eigenvalue weighted by molar-refractivity contribution is 5.79. The Morgan fingerprint density at radius 2 is 2.00 bits per heavy atom. The van der Waals surface area contributed by atoms with E-state index in [-0.39, 0.29) is 17.2 Å². The Balaban J connectivity index is 1.74. The molecule has 0 spiro atoms. The van der Waals surface area contributed by atoms with E-state index >= 15 is 0 Å². The molecule has 1 amide bonds. The maximum Gasteiger partial charge on any atom is 0.223 e. The van der Waals surface area contributed by atoms with Crippen molar-refractivity contribution in [1.82, 2.24) is 5.32 Å². The number of para-hydroxylation sites is 1. The molecule has 132 valence electrons. The van der Waals surface area contributed by atoms with Gasteiger partial charge in [-0.1, -0.05) is 37.5 Å². The van der Waals surface area contributed by atoms with Crippen molar-refractivity contribution >= 4 is 5.91 Å². The first kappa shape index (κ1) is 17.3. The molecule has 0 unspecified atom stereocenters. The molecule has 2 saturated carbocycles. The number of rotatable bonds is 6. The van der Waals surface area contributed by atoms with Crippen LogP contribution in [-0.4, -0.2) is 26.1 Å². The normalized spacial score (nSPS) is 25.6. The molecule has 2 atom stereocenters. The summed E-state index contributed by atoms with van der Waals surface area (Å²) in [5.41, 5.74) is 7.09. The Hall–Kier alpha value is -1.55. The van der Waals surface area contributed by atoms with Gasteiger partial charge in [0.2, 0.25) is 5.91 Å². The highest BCUT2D eigenvalue weighted by Crippen LogP contribution is 2.44. The fourth-order valence-electron chi connectivity index (χ4n) is 4.73. The number of nitrogens with one attached hydrogen (secondary N) is 1. The summed E-state index contributed by atoms with van der Waals surface area (Å²) in [6.45, 7) is 1.33. The van der Waals surface area contributed by atoms with Gasteiger partial charge < -0.3 is 15.8 Å². The summed E-state index contributed by atoms with van der Waals surface area (Å²) in [5, 5.41) is 3.27. The molecule has 1 aromatic rings. The SMILES string of the molecule is COc1ccccc1C1(CNC(=O)[C@@H]2CCC[C@@H]2CN)CCCC1. The predicted molar refractivity (Wildman–Crippen MR) is 96.0 cm³/mol. The lowest BCUT2D eigenvalue weighted by molar-refractivity contribution is -0.126. The Morgan fingerprint density at radius 3 is 2.71 bits per heavy atom. The van der Waals surface area contributed by atoms with Gasteiger partial charge in [0.15, 0.2) is 0 Å². The molecule has 0 heterocycles. The molecule has 2 aliphatic carbocycles. The maximum absolute atomic E-state index is 12.7. The van der Waals surface area contributed by atoms with E-state index in [1.165, 1.54) is 18.4 Å². The van der Waals surface area contributed by atoms with E-state index in [9.17, 15) is 4.79 Å². The van der Waals surface area contributed by atoms with Crippen molar-refractivity contribution < 1.29 is 9.53 Å². The van der Waals surface area contributed by atoms with E-state index < -0.39 is 0 Å². The first-order chi connectivity index (χ1) is 11.7. The molecule has 24 heavy (non-hydrogen) atoms. The minimum absolute atomic E-state index is 0.0130. The lowest BCUT2D eigenvalue weighted by Gasteiger charge is -2.32. The van der Waals surface area contributed by atoms with Crippen molar-refractivity contribution in [2.24, 2.45) is 17.6 Å². The van der Waals surface area contributed by atoms with E-state index in [0.717, 1.165) is 37.9 Å². The van der Waals surface area contributed by atoms with Gasteiger partial charge in [-0.05, 0) is 44.2 Å². The fourth-order valence-corrected chi connectivity index (χ4v) is 4.73. The molecule has 3 rings (SSSR count). The van der Waals surface area contributed by atoms with E-state index in [2.05, 4.69) is 17.4 Å². The molecule has 0 aromatic heterocycles. The summed E-state index contributed by atoms with van der Waals surface area (Å²) < 4.78 is 5.59. The molecule has 4 heteroatoms. The number of ether oxygens (including phenoxy) is 1. The number of carbonyl (C=O) groups is 1. The second-order valence-electron chi connectivity index (χ2n) is 7.44. The quantitative estimate of drug-likeness (QED) is 0.843. The summed E-state index contributed by atoms with van der Waals surface area (Å²) in [4.78, 5) is 12.7. The molecule has 2 fully saturated rings. The Kier molecular flexibility index (Phi) is 5.44. The number of methoxy groups -OCH3 is 1. The van der Waals surface area contributed by atoms with Gasteiger partial charge in [-0.25, -0.2) is 0 Å². The molecule has 0 aliphatic heterocycles. The predicted octanol–water partition coefficient (Wildman–Crippen LogP) is 3.00. The zero-order valence-corrected chi connectivity index (χ0v) is 14.7. The summed E-state index contributed by atoms with van der Waals surface area (Å²) >= 11 is 0. The van der Waals surface area contributed by atoms with Crippen molar-refractivity contribution in [2.75, 3.05) is 20.2 Å². The number of amides is 1. The average Bonchev–Trinajstić information content (AvgIpc) is 3.29. The van der Waals surface area contributed by atoms with Crippen LogP contribution in [0.4, 0.5) is 0 Å². The van der Waals surface area contributed by atoms with Crippen LogP contribution in [0.15, 0.2) is 24.3 Å². The molecular weight excluding hydrogens is 300 g/mol. The van der Waals surface area contributed by atoms with Gasteiger partial charge in [0, 0.05) is 23.4 Å². The molecular formula is C20H30N2O2. The largest absolute Gasteiger partial charge is 0.496 e. The first-order valence-electron chi connectivity index (χ1n) is 9.31. The van der Waals surface area contributed by atoms with Gasteiger partial charge in [-0.3, -0.25) is 4.79 Å². The van der Waals surface area contributed by atoms with Crippen LogP contribution < -0.4 is 15.8 Å². The smallest absolute Gasteiger partial charge is 0.223 e. The molecule has 0 saturated heterocycles. The van der Waals surface area contributed by atoms with Crippen molar-refractivity contribution in [2.45, 2.75) is 50.4 Å². The number of hydrogen-bond acceptors (Lipinski definition) is 3. The minimum atomic E-state index is 0.0130. The van der Waals surface area contributed by atoms with E-state index in [1.54, 1.807) is 7.11 Å². The maximum atomic E-state index is 12.7. The van der Waals surface area contributed by atoms with Gasteiger partial charge in [-0.2, -0.15) is 0 Å². The summed E-state index contributed by atoms with van der Waals surface area (Å²) in [5.74, 6) is 1.60. The molecule has 0 radical (unpaired) electrons. The highest BCUT2D eigenvalue weighted by Gasteiger charge is 2.39. The Labute approximate surface area is 145 Å². The van der Waals surface area contributed by atoms with Gasteiger partial charge >= 0.3 is 0 Å². The zero-order chi connectivity index (χ0) is 17.0. The zero-order valence-electron chi connectivity index (χ0n) is 14.7. The Morgan fingerprint density at radius 1 is 1.25 bits per heavy atom. The monoisotopic (exact) mass is 330 g/mol. The second kappa shape index (κ2) is 7.56. The van der Waals surface area contributed by atoms with Crippen LogP contribution in [-0.2, 0) is 10.2 Å². The van der Waals surface area contributed by atoms with Crippen molar-refractivity contribution in [3.63, 3.8) is 0 Å². The van der Waals surface area contributed by atoms with E-state index in [1.807, 2.05) is 12.1 Å². The second-order valence-corrected chi connectivity index (χ2v) is 7.44. The molecule has 2 aliphatic rings. The van der Waals surface area contributed by atoms with Crippen LogP contribution in [0.5, 0.6) is 5.75 Å². The van der Waals surface area contributed by atoms with Crippen LogP contribution in [0, 0.1) is 11.8 Å². The summed E-state index contributed by atoms with van der Waals surface area (Å²) in [6.07, 6.45) is 7.84. The number of nitrogens with two attached hydrogens (primary N) is 1. The molecule has 1 aromatic carbocycles. The summed E-state index contributed by atoms with van der Waals surface area (Å²) in [6, 6.07) is 8.27. The van der Waals surface area contributed by atoms with Crippen LogP contribution in [0.1, 0.15) is 50.5 Å². The number of carbonyl (C=O) groups excluding carboxylic acids is 1. The minimum Gasteiger partial charge on any atom is -0.496 e. The number of benzene rings is 1. The van der Waals surface area contributed by atoms with E-state index in [0.29, 0.717) is 19.0 Å². The van der Waals surface area contributed by atoms with Crippen LogP contribution in [0.3, 0.4) is 0 Å². The molecule has 0 bridgehead atoms. The van der Waals surface area contributed by atoms with Crippen LogP contribution in [0.2, 0.25) is 0 Å². The third-order valence-electron chi connectivity index (χ3n) is 6.14. The van der Waals surface area contributed by atoms with Gasteiger partial charge in [-0.15, -0.1) is 0 Å². The fraction of sp³-hybridized carbons (Fsp3) is 0.650. The average molecular weight is 330 g/mol. The molecule has 4 nitrogen and oxygen atoms in total. The van der Waals surface area contributed by atoms with E-state index in [4.69, 9.17) is 10.5 Å². The standard InChI is InChI=1S/C20H30N2O2/c1-24-18-10-3-2-9-17(18)20(11-4-5-12-20)14-22-19(23)16-8-6-7-15(16)13-21/h2-3,9-10,15-16H,4-8,11-14,21H2,1H3,(H,22,23)/t15-,16-/m1/s1. The van der Waals surface area contributed by atoms with Gasteiger partial charge in [0.25, 0.3) is 0 Å². The first-order valence-corrected chi connectivity index (χ1v) is 9.31. The lowest BCUT2D eigenvalue weighted by atomic mass is 9.78. The number of hydrogen-bond donors (Lipinski definition) is 2. The third-order valence-corrected chi connectivity index (χ3v) is 6.14. The van der Waals surface area contributed by atoms with Gasteiger partial charge in [0.1, 0.15) is 5.75 Å².